The summed E-state index contributed by atoms with van der Waals surface area (Å²) >= 11 is 0. The first-order valence-electron chi connectivity index (χ1n) is 9.97. The molecule has 0 aromatic carbocycles. The maximum absolute atomic E-state index is 12.1. The first kappa shape index (κ1) is 19.9. The first-order valence-corrected chi connectivity index (χ1v) is 12.1. The van der Waals surface area contributed by atoms with Gasteiger partial charge in [-0.2, -0.15) is 0 Å². The SMILES string of the molecule is CC(C)[Si](O[C@H]1CC[C@H](N2CCNCC2=O)CC1)(C(C)C)C(C)C. The molecule has 2 aliphatic rings. The Labute approximate surface area is 149 Å². The van der Waals surface area contributed by atoms with Crippen LogP contribution in [0.4, 0.5) is 0 Å². The molecule has 2 rings (SSSR count). The third-order valence-electron chi connectivity index (χ3n) is 6.29. The molecule has 140 valence electrons. The normalized spacial score (nSPS) is 26.7. The Bertz CT molecular complexity index is 396. The number of carbonyl (C=O) groups excluding carboxylic acids is 1. The molecule has 0 unspecified atom stereocenters. The summed E-state index contributed by atoms with van der Waals surface area (Å²) in [6.45, 7) is 16.5. The maximum atomic E-state index is 12.1. The van der Waals surface area contributed by atoms with Crippen molar-refractivity contribution < 1.29 is 9.22 Å². The molecule has 1 N–H and O–H groups in total. The van der Waals surface area contributed by atoms with Crippen molar-refractivity contribution in [1.82, 2.24) is 10.2 Å². The molecular weight excluding hydrogens is 316 g/mol. The molecule has 0 radical (unpaired) electrons. The van der Waals surface area contributed by atoms with E-state index < -0.39 is 8.32 Å². The third kappa shape index (κ3) is 4.05. The van der Waals surface area contributed by atoms with Crippen molar-refractivity contribution in [2.24, 2.45) is 0 Å². The highest BCUT2D eigenvalue weighted by molar-refractivity contribution is 6.77. The van der Waals surface area contributed by atoms with Gasteiger partial charge in [-0.05, 0) is 42.3 Å². The average molecular weight is 355 g/mol. The van der Waals surface area contributed by atoms with E-state index >= 15 is 0 Å². The lowest BCUT2D eigenvalue weighted by Gasteiger charge is -2.47. The Morgan fingerprint density at radius 1 is 1.00 bits per heavy atom. The molecule has 1 saturated carbocycles. The molecule has 0 spiro atoms. The lowest BCUT2D eigenvalue weighted by Crippen LogP contribution is -2.54. The van der Waals surface area contributed by atoms with E-state index in [1.807, 2.05) is 0 Å². The van der Waals surface area contributed by atoms with Gasteiger partial charge in [-0.25, -0.2) is 0 Å². The zero-order chi connectivity index (χ0) is 17.9. The van der Waals surface area contributed by atoms with Crippen LogP contribution in [0.15, 0.2) is 0 Å². The molecule has 0 aromatic heterocycles. The van der Waals surface area contributed by atoms with E-state index in [-0.39, 0.29) is 5.91 Å². The molecule has 0 bridgehead atoms. The van der Waals surface area contributed by atoms with Gasteiger partial charge in [0.2, 0.25) is 14.2 Å². The van der Waals surface area contributed by atoms with Crippen LogP contribution in [-0.4, -0.2) is 50.9 Å². The molecule has 4 nitrogen and oxygen atoms in total. The van der Waals surface area contributed by atoms with E-state index in [4.69, 9.17) is 4.43 Å². The molecule has 1 saturated heterocycles. The fourth-order valence-electron chi connectivity index (χ4n) is 5.18. The second kappa shape index (κ2) is 8.32. The summed E-state index contributed by atoms with van der Waals surface area (Å²) in [5, 5.41) is 3.17. The molecule has 1 heterocycles. The van der Waals surface area contributed by atoms with Crippen molar-refractivity contribution in [1.29, 1.82) is 0 Å². The second-order valence-corrected chi connectivity index (χ2v) is 14.0. The van der Waals surface area contributed by atoms with Crippen molar-refractivity contribution in [3.63, 3.8) is 0 Å². The predicted molar refractivity (Wildman–Crippen MR) is 103 cm³/mol. The van der Waals surface area contributed by atoms with Crippen molar-refractivity contribution in [2.75, 3.05) is 19.6 Å². The highest BCUT2D eigenvalue weighted by Gasteiger charge is 2.47. The van der Waals surface area contributed by atoms with Gasteiger partial charge in [-0.1, -0.05) is 41.5 Å². The molecule has 0 atom stereocenters. The number of amides is 1. The van der Waals surface area contributed by atoms with E-state index in [0.29, 0.717) is 35.3 Å². The van der Waals surface area contributed by atoms with Gasteiger partial charge < -0.3 is 14.6 Å². The van der Waals surface area contributed by atoms with Crippen LogP contribution in [-0.2, 0) is 9.22 Å². The van der Waals surface area contributed by atoms with Crippen molar-refractivity contribution in [3.05, 3.63) is 0 Å². The van der Waals surface area contributed by atoms with Gasteiger partial charge in [0.05, 0.1) is 6.54 Å². The summed E-state index contributed by atoms with van der Waals surface area (Å²) in [6.07, 6.45) is 4.84. The molecule has 1 aliphatic carbocycles. The Balaban J connectivity index is 1.97. The number of hydrogen-bond donors (Lipinski definition) is 1. The van der Waals surface area contributed by atoms with E-state index in [1.54, 1.807) is 0 Å². The second-order valence-electron chi connectivity index (χ2n) is 8.63. The van der Waals surface area contributed by atoms with E-state index in [0.717, 1.165) is 38.8 Å². The zero-order valence-corrected chi connectivity index (χ0v) is 17.6. The number of carbonyl (C=O) groups is 1. The van der Waals surface area contributed by atoms with Gasteiger partial charge in [-0.3, -0.25) is 4.79 Å². The molecule has 2 fully saturated rings. The Kier molecular flexibility index (Phi) is 6.91. The highest BCUT2D eigenvalue weighted by atomic mass is 28.4. The minimum absolute atomic E-state index is 0.279. The lowest BCUT2D eigenvalue weighted by molar-refractivity contribution is -0.135. The highest BCUT2D eigenvalue weighted by Crippen LogP contribution is 2.44. The van der Waals surface area contributed by atoms with Crippen LogP contribution in [0.3, 0.4) is 0 Å². The van der Waals surface area contributed by atoms with Gasteiger partial charge >= 0.3 is 0 Å². The summed E-state index contributed by atoms with van der Waals surface area (Å²) in [5.41, 5.74) is 1.93. The van der Waals surface area contributed by atoms with Crippen LogP contribution in [0, 0.1) is 0 Å². The fraction of sp³-hybridized carbons (Fsp3) is 0.947. The summed E-state index contributed by atoms with van der Waals surface area (Å²) in [4.78, 5) is 14.2. The predicted octanol–water partition coefficient (Wildman–Crippen LogP) is 3.92. The van der Waals surface area contributed by atoms with Crippen LogP contribution in [0.25, 0.3) is 0 Å². The van der Waals surface area contributed by atoms with E-state index in [2.05, 4.69) is 51.8 Å². The smallest absolute Gasteiger partial charge is 0.236 e. The zero-order valence-electron chi connectivity index (χ0n) is 16.6. The van der Waals surface area contributed by atoms with Crippen molar-refractivity contribution in [2.45, 2.75) is 96.0 Å². The van der Waals surface area contributed by atoms with Gasteiger partial charge in [0.25, 0.3) is 0 Å². The number of piperazine rings is 1. The van der Waals surface area contributed by atoms with E-state index in [9.17, 15) is 4.79 Å². The quantitative estimate of drug-likeness (QED) is 0.735. The Hall–Kier alpha value is -0.393. The first-order chi connectivity index (χ1) is 11.3. The molecule has 1 amide bonds. The average Bonchev–Trinajstić information content (AvgIpc) is 2.52. The minimum Gasteiger partial charge on any atom is -0.413 e. The van der Waals surface area contributed by atoms with Crippen LogP contribution in [0.2, 0.25) is 16.6 Å². The van der Waals surface area contributed by atoms with Gasteiger partial charge in [-0.15, -0.1) is 0 Å². The molecular formula is C19H38N2O2Si. The number of hydrogen-bond acceptors (Lipinski definition) is 3. The van der Waals surface area contributed by atoms with Gasteiger partial charge in [0.1, 0.15) is 0 Å². The van der Waals surface area contributed by atoms with Crippen LogP contribution < -0.4 is 5.32 Å². The molecule has 1 aliphatic heterocycles. The maximum Gasteiger partial charge on any atom is 0.236 e. The summed E-state index contributed by atoms with van der Waals surface area (Å²) in [5.74, 6) is 0.279. The summed E-state index contributed by atoms with van der Waals surface area (Å²) < 4.78 is 6.95. The summed E-state index contributed by atoms with van der Waals surface area (Å²) in [7, 11) is -1.78. The number of nitrogens with one attached hydrogen (secondary N) is 1. The lowest BCUT2D eigenvalue weighted by atomic mass is 9.91. The van der Waals surface area contributed by atoms with Gasteiger partial charge in [0.15, 0.2) is 0 Å². The molecule has 0 aromatic rings. The Morgan fingerprint density at radius 2 is 1.54 bits per heavy atom. The van der Waals surface area contributed by atoms with Crippen LogP contribution >= 0.6 is 0 Å². The topological polar surface area (TPSA) is 41.6 Å². The Morgan fingerprint density at radius 3 is 2.00 bits per heavy atom. The molecule has 24 heavy (non-hydrogen) atoms. The standard InChI is InChI=1S/C19H38N2O2Si/c1-14(2)24(15(3)4,16(5)6)23-18-9-7-17(8-10-18)21-12-11-20-13-19(21)22/h14-18,20H,7-13H2,1-6H3/t17-,18-. The largest absolute Gasteiger partial charge is 0.413 e. The summed E-state index contributed by atoms with van der Waals surface area (Å²) in [6, 6.07) is 0.438. The van der Waals surface area contributed by atoms with Crippen LogP contribution in [0.1, 0.15) is 67.2 Å². The monoisotopic (exact) mass is 354 g/mol. The third-order valence-corrected chi connectivity index (χ3v) is 12.4. The van der Waals surface area contributed by atoms with Crippen molar-refractivity contribution in [3.8, 4) is 0 Å². The minimum atomic E-state index is -1.78. The number of nitrogens with zero attached hydrogens (tertiary/aromatic N) is 1. The van der Waals surface area contributed by atoms with Crippen molar-refractivity contribution >= 4 is 14.2 Å². The van der Waals surface area contributed by atoms with Crippen LogP contribution in [0.5, 0.6) is 0 Å². The van der Waals surface area contributed by atoms with Gasteiger partial charge in [0, 0.05) is 25.2 Å². The fourth-order valence-corrected chi connectivity index (χ4v) is 10.8. The molecule has 5 heteroatoms. The van der Waals surface area contributed by atoms with E-state index in [1.165, 1.54) is 0 Å². The number of rotatable bonds is 6.